The number of morpholine rings is 1. The van der Waals surface area contributed by atoms with Crippen LogP contribution < -0.4 is 5.73 Å². The van der Waals surface area contributed by atoms with Crippen molar-refractivity contribution in [2.45, 2.75) is 38.3 Å². The second-order valence-corrected chi connectivity index (χ2v) is 5.80. The molecule has 1 amide bonds. The molecule has 1 fully saturated rings. The molecule has 0 bridgehead atoms. The molecule has 2 N–H and O–H groups in total. The highest BCUT2D eigenvalue weighted by Crippen LogP contribution is 2.26. The standard InChI is InChI=1S/C16H23FN2O2.ClH/c1-3-8-16(2,18)15(20)19-9-10-21-14(11-19)12-6-4-5-7-13(12)17;/h4-7,14H,3,8-11,18H2,1-2H3;1H. The van der Waals surface area contributed by atoms with Gasteiger partial charge in [0, 0.05) is 12.1 Å². The summed E-state index contributed by atoms with van der Waals surface area (Å²) in [5.74, 6) is -0.394. The third-order valence-corrected chi connectivity index (χ3v) is 3.86. The summed E-state index contributed by atoms with van der Waals surface area (Å²) in [6.45, 7) is 5.00. The summed E-state index contributed by atoms with van der Waals surface area (Å²) in [7, 11) is 0. The van der Waals surface area contributed by atoms with E-state index in [1.54, 1.807) is 30.0 Å². The van der Waals surface area contributed by atoms with Crippen molar-refractivity contribution in [3.8, 4) is 0 Å². The predicted octanol–water partition coefficient (Wildman–Crippen LogP) is 2.66. The van der Waals surface area contributed by atoms with Crippen LogP contribution in [0.1, 0.15) is 38.4 Å². The van der Waals surface area contributed by atoms with Crippen molar-refractivity contribution in [2.75, 3.05) is 19.7 Å². The number of amides is 1. The monoisotopic (exact) mass is 330 g/mol. The average Bonchev–Trinajstić information content (AvgIpc) is 2.47. The van der Waals surface area contributed by atoms with Gasteiger partial charge in [-0.1, -0.05) is 31.5 Å². The van der Waals surface area contributed by atoms with Crippen molar-refractivity contribution in [3.63, 3.8) is 0 Å². The predicted molar refractivity (Wildman–Crippen MR) is 86.4 cm³/mol. The Morgan fingerprint density at radius 2 is 2.18 bits per heavy atom. The smallest absolute Gasteiger partial charge is 0.242 e. The van der Waals surface area contributed by atoms with Gasteiger partial charge in [0.05, 0.1) is 18.7 Å². The van der Waals surface area contributed by atoms with Crippen LogP contribution in [-0.4, -0.2) is 36.0 Å². The molecular formula is C16H24ClFN2O2. The molecule has 6 heteroatoms. The molecular weight excluding hydrogens is 307 g/mol. The fourth-order valence-corrected chi connectivity index (χ4v) is 2.75. The topological polar surface area (TPSA) is 55.6 Å². The van der Waals surface area contributed by atoms with Gasteiger partial charge in [-0.2, -0.15) is 0 Å². The van der Waals surface area contributed by atoms with Gasteiger partial charge < -0.3 is 15.4 Å². The van der Waals surface area contributed by atoms with Crippen LogP contribution in [0.3, 0.4) is 0 Å². The van der Waals surface area contributed by atoms with E-state index in [0.717, 1.165) is 6.42 Å². The third kappa shape index (κ3) is 4.18. The minimum absolute atomic E-state index is 0. The van der Waals surface area contributed by atoms with E-state index in [4.69, 9.17) is 10.5 Å². The summed E-state index contributed by atoms with van der Waals surface area (Å²) in [6.07, 6.45) is 1.05. The Morgan fingerprint density at radius 1 is 1.50 bits per heavy atom. The van der Waals surface area contributed by atoms with Crippen LogP contribution in [-0.2, 0) is 9.53 Å². The molecule has 1 aromatic carbocycles. The molecule has 2 atom stereocenters. The molecule has 2 unspecified atom stereocenters. The van der Waals surface area contributed by atoms with Crippen LogP contribution in [0.2, 0.25) is 0 Å². The Morgan fingerprint density at radius 3 is 2.82 bits per heavy atom. The third-order valence-electron chi connectivity index (χ3n) is 3.86. The van der Waals surface area contributed by atoms with Gasteiger partial charge in [0.25, 0.3) is 0 Å². The molecule has 4 nitrogen and oxygen atoms in total. The summed E-state index contributed by atoms with van der Waals surface area (Å²) in [6, 6.07) is 6.51. The summed E-state index contributed by atoms with van der Waals surface area (Å²) in [5, 5.41) is 0. The highest BCUT2D eigenvalue weighted by molar-refractivity contribution is 5.86. The van der Waals surface area contributed by atoms with Gasteiger partial charge in [0.2, 0.25) is 5.91 Å². The molecule has 0 aliphatic carbocycles. The van der Waals surface area contributed by atoms with Crippen molar-refractivity contribution in [1.29, 1.82) is 0 Å². The van der Waals surface area contributed by atoms with Gasteiger partial charge >= 0.3 is 0 Å². The number of nitrogens with zero attached hydrogens (tertiary/aromatic N) is 1. The maximum atomic E-state index is 13.8. The molecule has 1 heterocycles. The van der Waals surface area contributed by atoms with Gasteiger partial charge in [0.1, 0.15) is 11.9 Å². The Hall–Kier alpha value is -1.17. The Kier molecular flexibility index (Phi) is 6.78. The lowest BCUT2D eigenvalue weighted by molar-refractivity contribution is -0.144. The van der Waals surface area contributed by atoms with Gasteiger partial charge in [-0.3, -0.25) is 4.79 Å². The number of rotatable bonds is 4. The largest absolute Gasteiger partial charge is 0.370 e. The van der Waals surface area contributed by atoms with Gasteiger partial charge in [-0.25, -0.2) is 4.39 Å². The first-order chi connectivity index (χ1) is 9.95. The maximum absolute atomic E-state index is 13.8. The van der Waals surface area contributed by atoms with E-state index >= 15 is 0 Å². The fraction of sp³-hybridized carbons (Fsp3) is 0.562. The van der Waals surface area contributed by atoms with Crippen LogP contribution >= 0.6 is 12.4 Å². The highest BCUT2D eigenvalue weighted by atomic mass is 35.5. The van der Waals surface area contributed by atoms with Crippen molar-refractivity contribution in [2.24, 2.45) is 5.73 Å². The van der Waals surface area contributed by atoms with Crippen LogP contribution in [0, 0.1) is 5.82 Å². The Labute approximate surface area is 137 Å². The number of carbonyl (C=O) groups is 1. The normalized spacial score (nSPS) is 20.9. The number of ether oxygens (including phenoxy) is 1. The number of hydrogen-bond donors (Lipinski definition) is 1. The second-order valence-electron chi connectivity index (χ2n) is 5.80. The zero-order valence-electron chi connectivity index (χ0n) is 13.0. The van der Waals surface area contributed by atoms with Crippen molar-refractivity contribution in [3.05, 3.63) is 35.6 Å². The quantitative estimate of drug-likeness (QED) is 0.923. The molecule has 0 saturated carbocycles. The zero-order chi connectivity index (χ0) is 15.5. The van der Waals surface area contributed by atoms with Crippen LogP contribution in [0.4, 0.5) is 4.39 Å². The van der Waals surface area contributed by atoms with E-state index in [1.807, 2.05) is 6.92 Å². The molecule has 1 aromatic rings. The summed E-state index contributed by atoms with van der Waals surface area (Å²) < 4.78 is 19.5. The lowest BCUT2D eigenvalue weighted by Gasteiger charge is -2.37. The molecule has 2 rings (SSSR count). The first-order valence-corrected chi connectivity index (χ1v) is 7.40. The van der Waals surface area contributed by atoms with E-state index in [-0.39, 0.29) is 24.1 Å². The average molecular weight is 331 g/mol. The molecule has 1 aliphatic heterocycles. The molecule has 124 valence electrons. The molecule has 0 spiro atoms. The van der Waals surface area contributed by atoms with Crippen LogP contribution in [0.25, 0.3) is 0 Å². The van der Waals surface area contributed by atoms with E-state index < -0.39 is 11.6 Å². The van der Waals surface area contributed by atoms with E-state index in [0.29, 0.717) is 31.7 Å². The SMILES string of the molecule is CCCC(C)(N)C(=O)N1CCOC(c2ccccc2F)C1.Cl. The summed E-state index contributed by atoms with van der Waals surface area (Å²) in [5.41, 5.74) is 5.73. The van der Waals surface area contributed by atoms with Crippen molar-refractivity contribution in [1.82, 2.24) is 4.90 Å². The minimum Gasteiger partial charge on any atom is -0.370 e. The van der Waals surface area contributed by atoms with E-state index in [9.17, 15) is 9.18 Å². The van der Waals surface area contributed by atoms with Crippen LogP contribution in [0.5, 0.6) is 0 Å². The number of hydrogen-bond acceptors (Lipinski definition) is 3. The molecule has 0 aromatic heterocycles. The number of carbonyl (C=O) groups excluding carboxylic acids is 1. The zero-order valence-corrected chi connectivity index (χ0v) is 13.9. The van der Waals surface area contributed by atoms with Crippen molar-refractivity contribution >= 4 is 18.3 Å². The molecule has 0 radical (unpaired) electrons. The lowest BCUT2D eigenvalue weighted by atomic mass is 9.95. The van der Waals surface area contributed by atoms with Crippen LogP contribution in [0.15, 0.2) is 24.3 Å². The van der Waals surface area contributed by atoms with Gasteiger partial charge in [-0.15, -0.1) is 12.4 Å². The number of halogens is 2. The number of nitrogens with two attached hydrogens (primary N) is 1. The highest BCUT2D eigenvalue weighted by Gasteiger charge is 2.35. The summed E-state index contributed by atoms with van der Waals surface area (Å²) in [4.78, 5) is 14.2. The van der Waals surface area contributed by atoms with Gasteiger partial charge in [-0.05, 0) is 19.4 Å². The Balaban J connectivity index is 0.00000242. The molecule has 22 heavy (non-hydrogen) atoms. The van der Waals surface area contributed by atoms with E-state index in [1.165, 1.54) is 6.07 Å². The first-order valence-electron chi connectivity index (χ1n) is 7.40. The number of benzene rings is 1. The lowest BCUT2D eigenvalue weighted by Crippen LogP contribution is -2.56. The minimum atomic E-state index is -0.869. The second kappa shape index (κ2) is 7.90. The fourth-order valence-electron chi connectivity index (χ4n) is 2.75. The van der Waals surface area contributed by atoms with Gasteiger partial charge in [0.15, 0.2) is 0 Å². The summed E-state index contributed by atoms with van der Waals surface area (Å²) >= 11 is 0. The first kappa shape index (κ1) is 18.9. The molecule has 1 aliphatic rings. The van der Waals surface area contributed by atoms with E-state index in [2.05, 4.69) is 0 Å². The Bertz CT molecular complexity index is 511. The molecule has 1 saturated heterocycles. The maximum Gasteiger partial charge on any atom is 0.242 e. The van der Waals surface area contributed by atoms with Crippen molar-refractivity contribution < 1.29 is 13.9 Å².